The SMILES string of the molecule is CCCCCCCCCC(CCCCCCC)CCOC=O. The van der Waals surface area contributed by atoms with Gasteiger partial charge in [0.2, 0.25) is 0 Å². The summed E-state index contributed by atoms with van der Waals surface area (Å²) >= 11 is 0. The van der Waals surface area contributed by atoms with E-state index in [4.69, 9.17) is 4.74 Å². The Kier molecular flexibility index (Phi) is 18.1. The van der Waals surface area contributed by atoms with E-state index in [0.29, 0.717) is 13.1 Å². The van der Waals surface area contributed by atoms with Crippen LogP contribution in [0, 0.1) is 5.92 Å². The first-order chi connectivity index (χ1) is 10.8. The van der Waals surface area contributed by atoms with E-state index in [1.165, 1.54) is 89.9 Å². The van der Waals surface area contributed by atoms with Gasteiger partial charge in [-0.25, -0.2) is 0 Å². The molecule has 0 aliphatic heterocycles. The van der Waals surface area contributed by atoms with Crippen molar-refractivity contribution in [1.29, 1.82) is 0 Å². The van der Waals surface area contributed by atoms with E-state index in [2.05, 4.69) is 13.8 Å². The van der Waals surface area contributed by atoms with Crippen molar-refractivity contribution in [2.45, 2.75) is 110 Å². The van der Waals surface area contributed by atoms with Crippen molar-refractivity contribution in [1.82, 2.24) is 0 Å². The van der Waals surface area contributed by atoms with Crippen LogP contribution in [0.4, 0.5) is 0 Å². The zero-order valence-electron chi connectivity index (χ0n) is 15.3. The largest absolute Gasteiger partial charge is 0.468 e. The van der Waals surface area contributed by atoms with Crippen molar-refractivity contribution in [3.05, 3.63) is 0 Å². The number of ether oxygens (including phenoxy) is 1. The molecule has 0 aromatic carbocycles. The highest BCUT2D eigenvalue weighted by atomic mass is 16.5. The normalized spacial score (nSPS) is 12.3. The summed E-state index contributed by atoms with van der Waals surface area (Å²) in [6.45, 7) is 5.73. The fourth-order valence-electron chi connectivity index (χ4n) is 3.14. The number of unbranched alkanes of at least 4 members (excludes halogenated alkanes) is 10. The van der Waals surface area contributed by atoms with Gasteiger partial charge in [0.1, 0.15) is 0 Å². The molecule has 0 amide bonds. The van der Waals surface area contributed by atoms with Crippen LogP contribution in [0.1, 0.15) is 110 Å². The van der Waals surface area contributed by atoms with Gasteiger partial charge < -0.3 is 4.74 Å². The highest BCUT2D eigenvalue weighted by Gasteiger charge is 2.08. The highest BCUT2D eigenvalue weighted by molar-refractivity contribution is 5.36. The Morgan fingerprint density at radius 2 is 1.14 bits per heavy atom. The average molecular weight is 313 g/mol. The van der Waals surface area contributed by atoms with E-state index in [0.717, 1.165) is 12.3 Å². The van der Waals surface area contributed by atoms with Crippen molar-refractivity contribution in [2.24, 2.45) is 5.92 Å². The molecule has 1 atom stereocenters. The van der Waals surface area contributed by atoms with E-state index in [1.807, 2.05) is 0 Å². The van der Waals surface area contributed by atoms with E-state index >= 15 is 0 Å². The maximum atomic E-state index is 10.3. The lowest BCUT2D eigenvalue weighted by molar-refractivity contribution is -0.129. The molecule has 1 unspecified atom stereocenters. The molecule has 22 heavy (non-hydrogen) atoms. The van der Waals surface area contributed by atoms with Crippen molar-refractivity contribution in [3.63, 3.8) is 0 Å². The first-order valence-electron chi connectivity index (χ1n) is 9.90. The first-order valence-corrected chi connectivity index (χ1v) is 9.90. The molecule has 2 nitrogen and oxygen atoms in total. The minimum Gasteiger partial charge on any atom is -0.468 e. The number of hydrogen-bond donors (Lipinski definition) is 0. The summed E-state index contributed by atoms with van der Waals surface area (Å²) in [5, 5.41) is 0. The second kappa shape index (κ2) is 18.5. The van der Waals surface area contributed by atoms with Gasteiger partial charge in [-0.05, 0) is 12.3 Å². The average Bonchev–Trinajstić information content (AvgIpc) is 2.53. The van der Waals surface area contributed by atoms with Crippen LogP contribution < -0.4 is 0 Å². The number of rotatable bonds is 18. The second-order valence-corrected chi connectivity index (χ2v) is 6.73. The minimum atomic E-state index is 0.589. The Bertz CT molecular complexity index is 216. The van der Waals surface area contributed by atoms with Gasteiger partial charge in [0.05, 0.1) is 6.61 Å². The molecule has 0 bridgehead atoms. The summed E-state index contributed by atoms with van der Waals surface area (Å²) in [7, 11) is 0. The van der Waals surface area contributed by atoms with Crippen LogP contribution in [0.5, 0.6) is 0 Å². The lowest BCUT2D eigenvalue weighted by Gasteiger charge is -2.16. The zero-order chi connectivity index (χ0) is 16.3. The highest BCUT2D eigenvalue weighted by Crippen LogP contribution is 2.22. The standard InChI is InChI=1S/C20H40O2/c1-3-5-7-9-10-12-14-16-20(17-18-22-19-21)15-13-11-8-6-4-2/h19-20H,3-18H2,1-2H3. The molecule has 0 aromatic rings. The molecule has 0 rings (SSSR count). The number of carbonyl (C=O) groups excluding carboxylic acids is 1. The fraction of sp³-hybridized carbons (Fsp3) is 0.950. The molecule has 0 saturated heterocycles. The summed E-state index contributed by atoms with van der Waals surface area (Å²) in [6, 6.07) is 0. The van der Waals surface area contributed by atoms with Gasteiger partial charge in [-0.3, -0.25) is 4.79 Å². The molecule has 0 N–H and O–H groups in total. The van der Waals surface area contributed by atoms with E-state index in [-0.39, 0.29) is 0 Å². The Hall–Kier alpha value is -0.530. The predicted molar refractivity (Wildman–Crippen MR) is 96.1 cm³/mol. The molecule has 0 aromatic heterocycles. The molecule has 0 fully saturated rings. The molecular weight excluding hydrogens is 272 g/mol. The second-order valence-electron chi connectivity index (χ2n) is 6.73. The Morgan fingerprint density at radius 1 is 0.682 bits per heavy atom. The molecule has 0 aliphatic carbocycles. The summed E-state index contributed by atoms with van der Waals surface area (Å²) in [5.41, 5.74) is 0. The predicted octanol–water partition coefficient (Wildman–Crippen LogP) is 6.67. The van der Waals surface area contributed by atoms with Crippen LogP contribution in [0.15, 0.2) is 0 Å². The summed E-state index contributed by atoms with van der Waals surface area (Å²) < 4.78 is 4.90. The maximum Gasteiger partial charge on any atom is 0.293 e. The Morgan fingerprint density at radius 3 is 1.59 bits per heavy atom. The lowest BCUT2D eigenvalue weighted by Crippen LogP contribution is -2.06. The number of hydrogen-bond acceptors (Lipinski definition) is 2. The van der Waals surface area contributed by atoms with Gasteiger partial charge in [0.25, 0.3) is 6.47 Å². The third-order valence-corrected chi connectivity index (χ3v) is 4.64. The van der Waals surface area contributed by atoms with Gasteiger partial charge in [0, 0.05) is 0 Å². The zero-order valence-corrected chi connectivity index (χ0v) is 15.3. The van der Waals surface area contributed by atoms with Crippen molar-refractivity contribution in [2.75, 3.05) is 6.61 Å². The fourth-order valence-corrected chi connectivity index (χ4v) is 3.14. The number of carbonyl (C=O) groups is 1. The molecule has 0 radical (unpaired) electrons. The van der Waals surface area contributed by atoms with E-state index < -0.39 is 0 Å². The van der Waals surface area contributed by atoms with Crippen LogP contribution in [-0.4, -0.2) is 13.1 Å². The van der Waals surface area contributed by atoms with Crippen molar-refractivity contribution < 1.29 is 9.53 Å². The van der Waals surface area contributed by atoms with Gasteiger partial charge in [0.15, 0.2) is 0 Å². The van der Waals surface area contributed by atoms with Gasteiger partial charge in [-0.2, -0.15) is 0 Å². The Labute approximate surface area is 139 Å². The summed E-state index contributed by atoms with van der Waals surface area (Å²) in [4.78, 5) is 10.3. The minimum absolute atomic E-state index is 0.589. The molecule has 2 heteroatoms. The van der Waals surface area contributed by atoms with Crippen LogP contribution in [-0.2, 0) is 9.53 Å². The molecule has 0 aliphatic rings. The summed E-state index contributed by atoms with van der Waals surface area (Å²) in [5.74, 6) is 0.761. The van der Waals surface area contributed by atoms with Gasteiger partial charge >= 0.3 is 0 Å². The van der Waals surface area contributed by atoms with Gasteiger partial charge in [-0.1, -0.05) is 104 Å². The van der Waals surface area contributed by atoms with Crippen LogP contribution >= 0.6 is 0 Å². The monoisotopic (exact) mass is 312 g/mol. The third kappa shape index (κ3) is 15.9. The van der Waals surface area contributed by atoms with Crippen molar-refractivity contribution >= 4 is 6.47 Å². The molecule has 0 spiro atoms. The maximum absolute atomic E-state index is 10.3. The Balaban J connectivity index is 3.65. The van der Waals surface area contributed by atoms with Gasteiger partial charge in [-0.15, -0.1) is 0 Å². The van der Waals surface area contributed by atoms with Crippen LogP contribution in [0.25, 0.3) is 0 Å². The molecule has 0 heterocycles. The van der Waals surface area contributed by atoms with E-state index in [9.17, 15) is 4.79 Å². The first kappa shape index (κ1) is 21.5. The summed E-state index contributed by atoms with van der Waals surface area (Å²) in [6.07, 6.45) is 20.2. The topological polar surface area (TPSA) is 26.3 Å². The third-order valence-electron chi connectivity index (χ3n) is 4.64. The van der Waals surface area contributed by atoms with Crippen LogP contribution in [0.2, 0.25) is 0 Å². The van der Waals surface area contributed by atoms with Crippen molar-refractivity contribution in [3.8, 4) is 0 Å². The van der Waals surface area contributed by atoms with E-state index in [1.54, 1.807) is 0 Å². The lowest BCUT2D eigenvalue weighted by atomic mass is 9.92. The quantitative estimate of drug-likeness (QED) is 0.209. The smallest absolute Gasteiger partial charge is 0.293 e. The molecule has 0 saturated carbocycles. The molecular formula is C20H40O2. The van der Waals surface area contributed by atoms with Crippen LogP contribution in [0.3, 0.4) is 0 Å². The molecule has 132 valence electrons.